The first-order chi connectivity index (χ1) is 27.2. The van der Waals surface area contributed by atoms with Crippen LogP contribution in [-0.2, 0) is 0 Å². The van der Waals surface area contributed by atoms with Crippen molar-refractivity contribution in [1.82, 2.24) is 19.9 Å². The molecule has 4 nitrogen and oxygen atoms in total. The monoisotopic (exact) mass is 720 g/mol. The van der Waals surface area contributed by atoms with Crippen LogP contribution < -0.4 is 0 Å². The van der Waals surface area contributed by atoms with Crippen molar-refractivity contribution >= 4 is 31.6 Å². The van der Waals surface area contributed by atoms with Crippen LogP contribution in [0.4, 0.5) is 0 Å². The Bertz CT molecular complexity index is 2920. The van der Waals surface area contributed by atoms with E-state index in [1.807, 2.05) is 42.5 Å². The van der Waals surface area contributed by atoms with Gasteiger partial charge in [0.25, 0.3) is 0 Å². The molecule has 258 valence electrons. The summed E-state index contributed by atoms with van der Waals surface area (Å²) in [6.07, 6.45) is 0. The van der Waals surface area contributed by atoms with Crippen molar-refractivity contribution in [2.45, 2.75) is 0 Å². The van der Waals surface area contributed by atoms with E-state index in [4.69, 9.17) is 19.9 Å². The summed E-state index contributed by atoms with van der Waals surface area (Å²) in [6, 6.07) is 67.4. The van der Waals surface area contributed by atoms with Crippen LogP contribution in [0.3, 0.4) is 0 Å². The molecule has 0 fully saturated rings. The van der Waals surface area contributed by atoms with Crippen molar-refractivity contribution in [2.75, 3.05) is 0 Å². The van der Waals surface area contributed by atoms with Crippen LogP contribution in [0.2, 0.25) is 0 Å². The lowest BCUT2D eigenvalue weighted by Crippen LogP contribution is -1.96. The van der Waals surface area contributed by atoms with Gasteiger partial charge in [-0.2, -0.15) is 0 Å². The number of hydrogen-bond donors (Lipinski definition) is 0. The molecule has 0 amide bonds. The smallest absolute Gasteiger partial charge is 0.161 e. The van der Waals surface area contributed by atoms with E-state index in [-0.39, 0.29) is 0 Å². The number of hydrogen-bond acceptors (Lipinski definition) is 5. The maximum absolute atomic E-state index is 5.24. The molecule has 0 unspecified atom stereocenters. The summed E-state index contributed by atoms with van der Waals surface area (Å²) in [7, 11) is 0. The minimum Gasteiger partial charge on any atom is -0.228 e. The molecule has 0 radical (unpaired) electrons. The van der Waals surface area contributed by atoms with E-state index < -0.39 is 0 Å². The Balaban J connectivity index is 1.03. The zero-order chi connectivity index (χ0) is 36.6. The molecule has 0 saturated heterocycles. The van der Waals surface area contributed by atoms with Gasteiger partial charge in [-0.25, -0.2) is 19.9 Å². The molecule has 7 aromatic carbocycles. The van der Waals surface area contributed by atoms with Crippen LogP contribution in [0.15, 0.2) is 194 Å². The van der Waals surface area contributed by atoms with Gasteiger partial charge >= 0.3 is 0 Å². The predicted molar refractivity (Wildman–Crippen MR) is 229 cm³/mol. The number of fused-ring (bicyclic) bond motifs is 3. The summed E-state index contributed by atoms with van der Waals surface area (Å²) < 4.78 is 1.21. The topological polar surface area (TPSA) is 51.6 Å². The van der Waals surface area contributed by atoms with Gasteiger partial charge in [0.15, 0.2) is 11.6 Å². The van der Waals surface area contributed by atoms with Crippen molar-refractivity contribution in [2.24, 2.45) is 0 Å². The maximum atomic E-state index is 5.24. The standard InChI is InChI=1S/C50H32N4S/c1-4-15-33(16-5-1)43-32-44(52-48(51-43)35-19-8-3-9-20-35)40-25-13-23-38(30-40)36-21-12-22-37(29-36)39-24-14-26-41(31-39)49-53-47(34-17-6-2-7-18-34)46-42-27-10-11-28-45(42)55-50(46)54-49/h1-32H. The third kappa shape index (κ3) is 6.37. The Labute approximate surface area is 323 Å². The van der Waals surface area contributed by atoms with Gasteiger partial charge in [-0.3, -0.25) is 0 Å². The molecule has 10 aromatic rings. The molecule has 0 aliphatic rings. The zero-order valence-electron chi connectivity index (χ0n) is 29.7. The Kier molecular flexibility index (Phi) is 8.32. The van der Waals surface area contributed by atoms with Gasteiger partial charge in [0.1, 0.15) is 4.83 Å². The van der Waals surface area contributed by atoms with Gasteiger partial charge in [0.2, 0.25) is 0 Å². The lowest BCUT2D eigenvalue weighted by atomic mass is 9.96. The van der Waals surface area contributed by atoms with Crippen molar-refractivity contribution in [3.05, 3.63) is 194 Å². The summed E-state index contributed by atoms with van der Waals surface area (Å²) in [6.45, 7) is 0. The fourth-order valence-corrected chi connectivity index (χ4v) is 8.28. The van der Waals surface area contributed by atoms with Gasteiger partial charge in [-0.15, -0.1) is 11.3 Å². The van der Waals surface area contributed by atoms with Gasteiger partial charge < -0.3 is 0 Å². The third-order valence-electron chi connectivity index (χ3n) is 9.92. The summed E-state index contributed by atoms with van der Waals surface area (Å²) >= 11 is 1.72. The Morgan fingerprint density at radius 1 is 0.309 bits per heavy atom. The zero-order valence-corrected chi connectivity index (χ0v) is 30.5. The molecule has 0 bridgehead atoms. The average Bonchev–Trinajstić information content (AvgIpc) is 3.66. The van der Waals surface area contributed by atoms with Gasteiger partial charge in [-0.1, -0.05) is 164 Å². The van der Waals surface area contributed by atoms with Crippen molar-refractivity contribution in [1.29, 1.82) is 0 Å². The summed E-state index contributed by atoms with van der Waals surface area (Å²) in [5, 5.41) is 2.30. The average molecular weight is 721 g/mol. The highest BCUT2D eigenvalue weighted by Crippen LogP contribution is 2.40. The second-order valence-corrected chi connectivity index (χ2v) is 14.5. The molecular formula is C50H32N4S. The minimum absolute atomic E-state index is 0.704. The number of benzene rings is 7. The number of aromatic nitrogens is 4. The Hall–Kier alpha value is -7.08. The fourth-order valence-electron chi connectivity index (χ4n) is 7.20. The van der Waals surface area contributed by atoms with Gasteiger partial charge in [0.05, 0.1) is 17.1 Å². The Morgan fingerprint density at radius 2 is 0.764 bits per heavy atom. The molecule has 0 aliphatic heterocycles. The van der Waals surface area contributed by atoms with E-state index in [0.717, 1.165) is 83.2 Å². The van der Waals surface area contributed by atoms with Crippen LogP contribution in [0.5, 0.6) is 0 Å². The van der Waals surface area contributed by atoms with Crippen molar-refractivity contribution in [3.63, 3.8) is 0 Å². The molecule has 0 spiro atoms. The van der Waals surface area contributed by atoms with E-state index in [0.29, 0.717) is 5.82 Å². The largest absolute Gasteiger partial charge is 0.228 e. The van der Waals surface area contributed by atoms with Crippen LogP contribution in [0.25, 0.3) is 99.1 Å². The molecule has 5 heteroatoms. The molecule has 0 aliphatic carbocycles. The summed E-state index contributed by atoms with van der Waals surface area (Å²) in [4.78, 5) is 21.4. The first-order valence-corrected chi connectivity index (χ1v) is 19.1. The van der Waals surface area contributed by atoms with E-state index >= 15 is 0 Å². The second kappa shape index (κ2) is 14.0. The molecule has 0 atom stereocenters. The molecule has 0 saturated carbocycles. The lowest BCUT2D eigenvalue weighted by molar-refractivity contribution is 1.18. The summed E-state index contributed by atoms with van der Waals surface area (Å²) in [5.41, 5.74) is 12.3. The highest BCUT2D eigenvalue weighted by atomic mass is 32.1. The van der Waals surface area contributed by atoms with Gasteiger partial charge in [-0.05, 0) is 52.6 Å². The molecule has 0 N–H and O–H groups in total. The predicted octanol–water partition coefficient (Wildman–Crippen LogP) is 13.3. The van der Waals surface area contributed by atoms with Crippen LogP contribution >= 0.6 is 11.3 Å². The molecule has 55 heavy (non-hydrogen) atoms. The quantitative estimate of drug-likeness (QED) is 0.164. The first-order valence-electron chi connectivity index (χ1n) is 18.3. The van der Waals surface area contributed by atoms with Crippen LogP contribution in [0, 0.1) is 0 Å². The van der Waals surface area contributed by atoms with E-state index in [1.54, 1.807) is 11.3 Å². The lowest BCUT2D eigenvalue weighted by Gasteiger charge is -2.12. The third-order valence-corrected chi connectivity index (χ3v) is 11.0. The summed E-state index contributed by atoms with van der Waals surface area (Å²) in [5.74, 6) is 1.42. The Morgan fingerprint density at radius 3 is 1.42 bits per heavy atom. The van der Waals surface area contributed by atoms with Gasteiger partial charge in [0, 0.05) is 43.3 Å². The van der Waals surface area contributed by atoms with E-state index in [2.05, 4.69) is 152 Å². The second-order valence-electron chi connectivity index (χ2n) is 13.5. The highest BCUT2D eigenvalue weighted by molar-refractivity contribution is 7.25. The van der Waals surface area contributed by atoms with E-state index in [1.165, 1.54) is 10.1 Å². The molecule has 10 rings (SSSR count). The number of nitrogens with zero attached hydrogens (tertiary/aromatic N) is 4. The molecule has 3 aromatic heterocycles. The van der Waals surface area contributed by atoms with Crippen molar-refractivity contribution in [3.8, 4) is 78.8 Å². The fraction of sp³-hybridized carbons (Fsp3) is 0. The maximum Gasteiger partial charge on any atom is 0.161 e. The van der Waals surface area contributed by atoms with Crippen LogP contribution in [0.1, 0.15) is 0 Å². The number of rotatable bonds is 7. The number of thiophene rings is 1. The molecular weight excluding hydrogens is 689 g/mol. The normalized spacial score (nSPS) is 11.3. The van der Waals surface area contributed by atoms with E-state index in [9.17, 15) is 0 Å². The van der Waals surface area contributed by atoms with Crippen molar-refractivity contribution < 1.29 is 0 Å². The first kappa shape index (κ1) is 32.6. The minimum atomic E-state index is 0.704. The molecule has 3 heterocycles. The highest BCUT2D eigenvalue weighted by Gasteiger charge is 2.17. The SMILES string of the molecule is c1ccc(-c2cc(-c3cccc(-c4cccc(-c5cccc(-c6nc(-c7ccccc7)c7c(n6)sc6ccccc67)c5)c4)c3)nc(-c3ccccc3)n2)cc1. The van der Waals surface area contributed by atoms with Crippen LogP contribution in [-0.4, -0.2) is 19.9 Å².